The van der Waals surface area contributed by atoms with Gasteiger partial charge in [0, 0.05) is 38.6 Å². The normalized spacial score (nSPS) is 14.5. The topological polar surface area (TPSA) is 55.7 Å². The molecule has 0 aliphatic carbocycles. The van der Waals surface area contributed by atoms with Gasteiger partial charge in [0.25, 0.3) is 5.91 Å². The third kappa shape index (κ3) is 4.30. The zero-order valence-electron chi connectivity index (χ0n) is 18.3. The summed E-state index contributed by atoms with van der Waals surface area (Å²) < 4.78 is 12.9. The van der Waals surface area contributed by atoms with Crippen LogP contribution in [-0.4, -0.2) is 42.7 Å². The van der Waals surface area contributed by atoms with E-state index >= 15 is 0 Å². The first-order valence-electron chi connectivity index (χ1n) is 10.5. The fraction of sp³-hybridized carbons (Fsp3) is 0.320. The fourth-order valence-electron chi connectivity index (χ4n) is 4.38. The maximum atomic E-state index is 13.1. The number of amides is 1. The molecule has 1 aromatic heterocycles. The molecule has 0 saturated carbocycles. The summed E-state index contributed by atoms with van der Waals surface area (Å²) in [5.41, 5.74) is 4.35. The standard InChI is InChI=1S/C25H29N3O3/c1-27-14-7-10-20(27)21(28-15-13-18-8-4-5-9-19(18)17-28)16-26-25(29)24-22(30-2)11-6-12-23(24)31-3/h4-12,14,21H,13,15-17H2,1-3H3,(H,26,29)/t21-/m0/s1. The highest BCUT2D eigenvalue weighted by atomic mass is 16.5. The molecular weight excluding hydrogens is 390 g/mol. The summed E-state index contributed by atoms with van der Waals surface area (Å²) in [6, 6.07) is 18.2. The molecule has 1 N–H and O–H groups in total. The van der Waals surface area contributed by atoms with Crippen molar-refractivity contribution < 1.29 is 14.3 Å². The van der Waals surface area contributed by atoms with E-state index in [1.165, 1.54) is 16.8 Å². The lowest BCUT2D eigenvalue weighted by Gasteiger charge is -2.36. The average molecular weight is 420 g/mol. The van der Waals surface area contributed by atoms with Crippen LogP contribution in [-0.2, 0) is 20.0 Å². The molecular formula is C25H29N3O3. The highest BCUT2D eigenvalue weighted by molar-refractivity contribution is 5.99. The van der Waals surface area contributed by atoms with Gasteiger partial charge in [0.15, 0.2) is 0 Å². The summed E-state index contributed by atoms with van der Waals surface area (Å²) >= 11 is 0. The third-order valence-electron chi connectivity index (χ3n) is 6.04. The van der Waals surface area contributed by atoms with E-state index in [4.69, 9.17) is 9.47 Å². The molecule has 4 rings (SSSR count). The number of nitrogens with zero attached hydrogens (tertiary/aromatic N) is 2. The Morgan fingerprint density at radius 1 is 1.00 bits per heavy atom. The second-order valence-electron chi connectivity index (χ2n) is 7.80. The molecule has 0 fully saturated rings. The maximum absolute atomic E-state index is 13.1. The number of ether oxygens (including phenoxy) is 2. The summed E-state index contributed by atoms with van der Waals surface area (Å²) in [5.74, 6) is 0.796. The second kappa shape index (κ2) is 9.27. The summed E-state index contributed by atoms with van der Waals surface area (Å²) in [7, 11) is 5.16. The number of aryl methyl sites for hydroxylation is 1. The molecule has 6 nitrogen and oxygen atoms in total. The first-order chi connectivity index (χ1) is 15.1. The number of benzene rings is 2. The number of hydrogen-bond acceptors (Lipinski definition) is 4. The van der Waals surface area contributed by atoms with E-state index in [-0.39, 0.29) is 11.9 Å². The van der Waals surface area contributed by atoms with Crippen LogP contribution in [0.3, 0.4) is 0 Å². The van der Waals surface area contributed by atoms with Crippen LogP contribution in [0, 0.1) is 0 Å². The van der Waals surface area contributed by atoms with Crippen LogP contribution in [0.15, 0.2) is 60.8 Å². The molecule has 6 heteroatoms. The first kappa shape index (κ1) is 21.0. The van der Waals surface area contributed by atoms with Crippen LogP contribution in [0.5, 0.6) is 11.5 Å². The number of nitrogens with one attached hydrogen (secondary N) is 1. The van der Waals surface area contributed by atoms with Crippen molar-refractivity contribution in [3.8, 4) is 11.5 Å². The van der Waals surface area contributed by atoms with Crippen molar-refractivity contribution in [2.24, 2.45) is 7.05 Å². The Morgan fingerprint density at radius 2 is 1.71 bits per heavy atom. The summed E-state index contributed by atoms with van der Waals surface area (Å²) in [5, 5.41) is 3.13. The Kier molecular flexibility index (Phi) is 6.28. The predicted molar refractivity (Wildman–Crippen MR) is 121 cm³/mol. The molecule has 162 valence electrons. The van der Waals surface area contributed by atoms with Crippen LogP contribution in [0.25, 0.3) is 0 Å². The van der Waals surface area contributed by atoms with E-state index in [1.54, 1.807) is 26.4 Å². The van der Waals surface area contributed by atoms with Crippen molar-refractivity contribution in [3.05, 3.63) is 83.2 Å². The van der Waals surface area contributed by atoms with E-state index in [9.17, 15) is 4.79 Å². The lowest BCUT2D eigenvalue weighted by molar-refractivity contribution is 0.0919. The van der Waals surface area contributed by atoms with Gasteiger partial charge in [-0.1, -0.05) is 30.3 Å². The van der Waals surface area contributed by atoms with Gasteiger partial charge in [-0.3, -0.25) is 9.69 Å². The molecule has 1 amide bonds. The second-order valence-corrected chi connectivity index (χ2v) is 7.80. The van der Waals surface area contributed by atoms with E-state index in [0.717, 1.165) is 19.5 Å². The zero-order valence-corrected chi connectivity index (χ0v) is 18.3. The molecule has 0 radical (unpaired) electrons. The molecule has 1 aliphatic rings. The Bertz CT molecular complexity index is 1040. The maximum Gasteiger partial charge on any atom is 0.258 e. The third-order valence-corrected chi connectivity index (χ3v) is 6.04. The number of carbonyl (C=O) groups is 1. The van der Waals surface area contributed by atoms with Crippen molar-refractivity contribution in [2.75, 3.05) is 27.3 Å². The molecule has 1 atom stereocenters. The zero-order chi connectivity index (χ0) is 21.8. The number of aromatic nitrogens is 1. The van der Waals surface area contributed by atoms with Crippen LogP contribution >= 0.6 is 0 Å². The van der Waals surface area contributed by atoms with Gasteiger partial charge in [0.2, 0.25) is 0 Å². The van der Waals surface area contributed by atoms with Gasteiger partial charge in [-0.25, -0.2) is 0 Å². The van der Waals surface area contributed by atoms with Gasteiger partial charge < -0.3 is 19.4 Å². The SMILES string of the molecule is COc1cccc(OC)c1C(=O)NC[C@@H](c1cccn1C)N1CCc2ccccc2C1. The molecule has 0 bridgehead atoms. The van der Waals surface area contributed by atoms with E-state index in [1.807, 2.05) is 25.4 Å². The van der Waals surface area contributed by atoms with Crippen molar-refractivity contribution in [1.29, 1.82) is 0 Å². The molecule has 31 heavy (non-hydrogen) atoms. The first-order valence-corrected chi connectivity index (χ1v) is 10.5. The van der Waals surface area contributed by atoms with Crippen LogP contribution < -0.4 is 14.8 Å². The van der Waals surface area contributed by atoms with Crippen LogP contribution in [0.4, 0.5) is 0 Å². The fourth-order valence-corrected chi connectivity index (χ4v) is 4.38. The summed E-state index contributed by atoms with van der Waals surface area (Å²) in [6.07, 6.45) is 3.05. The van der Waals surface area contributed by atoms with Gasteiger partial charge in [-0.15, -0.1) is 0 Å². The number of methoxy groups -OCH3 is 2. The van der Waals surface area contributed by atoms with E-state index < -0.39 is 0 Å². The van der Waals surface area contributed by atoms with Crippen LogP contribution in [0.2, 0.25) is 0 Å². The quantitative estimate of drug-likeness (QED) is 0.636. The molecule has 2 aromatic carbocycles. The smallest absolute Gasteiger partial charge is 0.258 e. The van der Waals surface area contributed by atoms with Gasteiger partial charge in [0.1, 0.15) is 17.1 Å². The minimum Gasteiger partial charge on any atom is -0.496 e. The Hall–Kier alpha value is -3.25. The van der Waals surface area contributed by atoms with E-state index in [0.29, 0.717) is 23.6 Å². The van der Waals surface area contributed by atoms with Crippen molar-refractivity contribution >= 4 is 5.91 Å². The Balaban J connectivity index is 1.57. The van der Waals surface area contributed by atoms with Gasteiger partial charge >= 0.3 is 0 Å². The monoisotopic (exact) mass is 419 g/mol. The highest BCUT2D eigenvalue weighted by Gasteiger charge is 2.27. The minimum absolute atomic E-state index is 0.0537. The molecule has 0 saturated heterocycles. The molecule has 0 spiro atoms. The van der Waals surface area contributed by atoms with Gasteiger partial charge in [-0.05, 0) is 41.8 Å². The lowest BCUT2D eigenvalue weighted by Crippen LogP contribution is -2.41. The predicted octanol–water partition coefficient (Wildman–Crippen LogP) is 3.57. The molecule has 0 unspecified atom stereocenters. The molecule has 1 aliphatic heterocycles. The van der Waals surface area contributed by atoms with Gasteiger partial charge in [-0.2, -0.15) is 0 Å². The number of hydrogen-bond donors (Lipinski definition) is 1. The summed E-state index contributed by atoms with van der Waals surface area (Å²) in [4.78, 5) is 15.6. The Morgan fingerprint density at radius 3 is 2.35 bits per heavy atom. The molecule has 2 heterocycles. The minimum atomic E-state index is -0.203. The van der Waals surface area contributed by atoms with E-state index in [2.05, 4.69) is 45.1 Å². The number of carbonyl (C=O) groups excluding carboxylic acids is 1. The number of rotatable bonds is 7. The Labute approximate surface area is 183 Å². The average Bonchev–Trinajstić information content (AvgIpc) is 3.23. The number of fused-ring (bicyclic) bond motifs is 1. The largest absolute Gasteiger partial charge is 0.496 e. The van der Waals surface area contributed by atoms with Gasteiger partial charge in [0.05, 0.1) is 20.3 Å². The highest BCUT2D eigenvalue weighted by Crippen LogP contribution is 2.30. The van der Waals surface area contributed by atoms with Crippen LogP contribution in [0.1, 0.15) is 33.2 Å². The van der Waals surface area contributed by atoms with Crippen molar-refractivity contribution in [1.82, 2.24) is 14.8 Å². The molecule has 3 aromatic rings. The summed E-state index contributed by atoms with van der Waals surface area (Å²) in [6.45, 7) is 2.29. The van der Waals surface area contributed by atoms with Crippen molar-refractivity contribution in [3.63, 3.8) is 0 Å². The lowest BCUT2D eigenvalue weighted by atomic mass is 9.97. The van der Waals surface area contributed by atoms with Crippen molar-refractivity contribution in [2.45, 2.75) is 19.0 Å².